The molecule has 0 saturated carbocycles. The van der Waals surface area contributed by atoms with Crippen LogP contribution in [0.25, 0.3) is 6.08 Å². The largest absolute Gasteiger partial charge is 0.493 e. The fourth-order valence-corrected chi connectivity index (χ4v) is 8.11. The van der Waals surface area contributed by atoms with Gasteiger partial charge in [-0.2, -0.15) is 0 Å². The second kappa shape index (κ2) is 14.7. The number of benzene rings is 3. The highest BCUT2D eigenvalue weighted by Gasteiger charge is 2.34. The Bertz CT molecular complexity index is 2000. The van der Waals surface area contributed by atoms with E-state index in [4.69, 9.17) is 18.9 Å². The summed E-state index contributed by atoms with van der Waals surface area (Å²) in [5, 5.41) is 0. The van der Waals surface area contributed by atoms with Crippen LogP contribution < -0.4 is 29.1 Å². The molecule has 0 radical (unpaired) electrons. The van der Waals surface area contributed by atoms with Gasteiger partial charge in [0.2, 0.25) is 0 Å². The van der Waals surface area contributed by atoms with Gasteiger partial charge < -0.3 is 18.9 Å². The van der Waals surface area contributed by atoms with Crippen LogP contribution in [0, 0.1) is 13.0 Å². The summed E-state index contributed by atoms with van der Waals surface area (Å²) in [7, 11) is 1.55. The highest BCUT2D eigenvalue weighted by molar-refractivity contribution is 14.1. The molecule has 0 spiro atoms. The number of carbonyl (C=O) groups excluding carboxylic acids is 1. The van der Waals surface area contributed by atoms with E-state index in [0.717, 1.165) is 12.7 Å². The summed E-state index contributed by atoms with van der Waals surface area (Å²) in [5.41, 5.74) is 2.58. The number of hydrogen-bond acceptors (Lipinski definition) is 8. The summed E-state index contributed by atoms with van der Waals surface area (Å²) in [6.07, 6.45) is 1.71. The number of aromatic nitrogens is 1. The van der Waals surface area contributed by atoms with E-state index < -0.39 is 12.0 Å². The van der Waals surface area contributed by atoms with Crippen LogP contribution in [0.2, 0.25) is 0 Å². The molecule has 2 heterocycles. The Morgan fingerprint density at radius 2 is 1.85 bits per heavy atom. The minimum Gasteiger partial charge on any atom is -0.493 e. The van der Waals surface area contributed by atoms with Crippen molar-refractivity contribution >= 4 is 68.6 Å². The predicted octanol–water partition coefficient (Wildman–Crippen LogP) is 6.52. The molecular weight excluding hydrogens is 837 g/mol. The van der Waals surface area contributed by atoms with Crippen molar-refractivity contribution in [3.05, 3.63) is 115 Å². The molecule has 0 unspecified atom stereocenters. The Balaban J connectivity index is 1.66. The maximum atomic E-state index is 14.3. The van der Waals surface area contributed by atoms with Crippen LogP contribution in [0.3, 0.4) is 0 Å². The van der Waals surface area contributed by atoms with Crippen LogP contribution in [0.4, 0.5) is 4.39 Å². The van der Waals surface area contributed by atoms with Crippen LogP contribution in [-0.2, 0) is 16.1 Å². The lowest BCUT2D eigenvalue weighted by Crippen LogP contribution is -2.40. The summed E-state index contributed by atoms with van der Waals surface area (Å²) in [6.45, 7) is 7.71. The fraction of sp³-hybridized carbons (Fsp3) is 0.265. The van der Waals surface area contributed by atoms with Crippen LogP contribution in [0.15, 0.2) is 75.7 Å². The molecule has 0 N–H and O–H groups in total. The molecule has 1 aliphatic rings. The van der Waals surface area contributed by atoms with E-state index in [-0.39, 0.29) is 36.3 Å². The zero-order valence-corrected chi connectivity index (χ0v) is 30.9. The van der Waals surface area contributed by atoms with Crippen molar-refractivity contribution in [2.45, 2.75) is 46.4 Å². The van der Waals surface area contributed by atoms with E-state index in [1.807, 2.05) is 32.0 Å². The number of thiazole rings is 1. The number of carbonyl (C=O) groups is 1. The Kier molecular flexibility index (Phi) is 10.9. The van der Waals surface area contributed by atoms with Crippen LogP contribution >= 0.6 is 56.5 Å². The molecule has 0 aliphatic carbocycles. The quantitative estimate of drug-likeness (QED) is 0.133. The van der Waals surface area contributed by atoms with Gasteiger partial charge in [0, 0.05) is 9.13 Å². The molecule has 0 bridgehead atoms. The number of rotatable bonds is 10. The third-order valence-electron chi connectivity index (χ3n) is 7.00. The van der Waals surface area contributed by atoms with Gasteiger partial charge in [-0.25, -0.2) is 14.2 Å². The number of esters is 1. The standard InChI is InChI=1S/C34H31FI2N2O6S/c1-6-43-33(41)29-19(4)38-34-39(30(29)21-9-12-26(45-18(2)3)27(14-21)42-5)32(40)28(46-34)15-22-13-24(36)16-25(37)31(22)44-17-20-7-10-23(35)11-8-20/h7-16,18,30H,6,17H2,1-5H3/b28-15+/t30-/m0/s1. The molecule has 0 saturated heterocycles. The first kappa shape index (κ1) is 34.1. The summed E-state index contributed by atoms with van der Waals surface area (Å²) < 4.78 is 40.4. The maximum Gasteiger partial charge on any atom is 0.338 e. The van der Waals surface area contributed by atoms with Gasteiger partial charge in [0.1, 0.15) is 18.2 Å². The molecule has 12 heteroatoms. The van der Waals surface area contributed by atoms with Gasteiger partial charge in [-0.1, -0.05) is 29.5 Å². The minimum absolute atomic E-state index is 0.0803. The van der Waals surface area contributed by atoms with Crippen molar-refractivity contribution in [2.75, 3.05) is 13.7 Å². The molecule has 1 atom stereocenters. The van der Waals surface area contributed by atoms with Gasteiger partial charge in [-0.05, 0) is 126 Å². The second-order valence-corrected chi connectivity index (χ2v) is 14.0. The third kappa shape index (κ3) is 7.33. The monoisotopic (exact) mass is 868 g/mol. The van der Waals surface area contributed by atoms with Gasteiger partial charge in [-0.15, -0.1) is 0 Å². The van der Waals surface area contributed by atoms with E-state index in [9.17, 15) is 14.0 Å². The lowest BCUT2D eigenvalue weighted by atomic mass is 9.95. The number of nitrogens with zero attached hydrogens (tertiary/aromatic N) is 2. The first-order valence-electron chi connectivity index (χ1n) is 14.4. The van der Waals surface area contributed by atoms with Gasteiger partial charge in [-0.3, -0.25) is 9.36 Å². The van der Waals surface area contributed by atoms with Crippen molar-refractivity contribution in [3.8, 4) is 17.2 Å². The highest BCUT2D eigenvalue weighted by Crippen LogP contribution is 2.37. The average molecular weight is 869 g/mol. The first-order chi connectivity index (χ1) is 22.0. The summed E-state index contributed by atoms with van der Waals surface area (Å²) >= 11 is 5.66. The van der Waals surface area contributed by atoms with E-state index in [2.05, 4.69) is 50.2 Å². The molecule has 0 amide bonds. The molecule has 4 aromatic rings. The Hall–Kier alpha value is -3.24. The number of fused-ring (bicyclic) bond motifs is 1. The van der Waals surface area contributed by atoms with E-state index in [0.29, 0.717) is 43.4 Å². The van der Waals surface area contributed by atoms with Crippen molar-refractivity contribution < 1.29 is 28.1 Å². The van der Waals surface area contributed by atoms with Crippen molar-refractivity contribution in [3.63, 3.8) is 0 Å². The Morgan fingerprint density at radius 1 is 1.11 bits per heavy atom. The smallest absolute Gasteiger partial charge is 0.338 e. The lowest BCUT2D eigenvalue weighted by Gasteiger charge is -2.25. The highest BCUT2D eigenvalue weighted by atomic mass is 127. The minimum atomic E-state index is -0.815. The topological polar surface area (TPSA) is 88.4 Å². The molecule has 8 nitrogen and oxygen atoms in total. The summed E-state index contributed by atoms with van der Waals surface area (Å²) in [5.74, 6) is 0.757. The van der Waals surface area contributed by atoms with Gasteiger partial charge in [0.25, 0.3) is 5.56 Å². The predicted molar refractivity (Wildman–Crippen MR) is 192 cm³/mol. The molecule has 1 aromatic heterocycles. The van der Waals surface area contributed by atoms with E-state index in [1.165, 1.54) is 28.0 Å². The van der Waals surface area contributed by atoms with E-state index >= 15 is 0 Å². The van der Waals surface area contributed by atoms with Gasteiger partial charge in [0.05, 0.1) is 45.2 Å². The van der Waals surface area contributed by atoms with Crippen LogP contribution in [0.1, 0.15) is 50.4 Å². The first-order valence-corrected chi connectivity index (χ1v) is 17.4. The normalized spacial score (nSPS) is 14.6. The Labute approximate surface area is 296 Å². The van der Waals surface area contributed by atoms with Crippen molar-refractivity contribution in [1.82, 2.24) is 4.57 Å². The Morgan fingerprint density at radius 3 is 2.52 bits per heavy atom. The fourth-order valence-electron chi connectivity index (χ4n) is 5.03. The van der Waals surface area contributed by atoms with Crippen molar-refractivity contribution in [2.24, 2.45) is 4.99 Å². The number of ether oxygens (including phenoxy) is 4. The molecule has 240 valence electrons. The van der Waals surface area contributed by atoms with Crippen LogP contribution in [0.5, 0.6) is 17.2 Å². The van der Waals surface area contributed by atoms with Crippen molar-refractivity contribution in [1.29, 1.82) is 0 Å². The second-order valence-electron chi connectivity index (χ2n) is 10.6. The zero-order chi connectivity index (χ0) is 33.1. The molecule has 3 aromatic carbocycles. The lowest BCUT2D eigenvalue weighted by molar-refractivity contribution is -0.139. The summed E-state index contributed by atoms with van der Waals surface area (Å²) in [4.78, 5) is 32.8. The molecule has 46 heavy (non-hydrogen) atoms. The molecule has 5 rings (SSSR count). The van der Waals surface area contributed by atoms with Crippen LogP contribution in [-0.4, -0.2) is 30.4 Å². The number of halogens is 3. The van der Waals surface area contributed by atoms with Gasteiger partial charge >= 0.3 is 5.97 Å². The molecular formula is C34H31FI2N2O6S. The van der Waals surface area contributed by atoms with Gasteiger partial charge in [0.15, 0.2) is 16.3 Å². The molecule has 0 fully saturated rings. The number of hydrogen-bond donors (Lipinski definition) is 0. The number of allylic oxidation sites excluding steroid dienone is 1. The van der Waals surface area contributed by atoms with E-state index in [1.54, 1.807) is 51.3 Å². The number of methoxy groups -OCH3 is 1. The average Bonchev–Trinajstić information content (AvgIpc) is 3.30. The maximum absolute atomic E-state index is 14.3. The molecule has 1 aliphatic heterocycles. The third-order valence-corrected chi connectivity index (χ3v) is 9.41. The SMILES string of the molecule is CCOC(=O)C1=C(C)N=c2s/c(=C/c3cc(I)cc(I)c3OCc3ccc(F)cc3)c(=O)n2[C@H]1c1ccc(OC(C)C)c(OC)c1. The zero-order valence-electron chi connectivity index (χ0n) is 25.7. The summed E-state index contributed by atoms with van der Waals surface area (Å²) in [6, 6.07) is 14.6.